The molecule has 2 atom stereocenters. The molecule has 0 radical (unpaired) electrons. The first-order valence-electron chi connectivity index (χ1n) is 3.71. The first-order chi connectivity index (χ1) is 5.57. The van der Waals surface area contributed by atoms with Gasteiger partial charge < -0.3 is 19.5 Å². The van der Waals surface area contributed by atoms with Crippen LogP contribution in [0.4, 0.5) is 0 Å². The lowest BCUT2D eigenvalue weighted by Crippen LogP contribution is -2.54. The molecule has 4 nitrogen and oxygen atoms in total. The highest BCUT2D eigenvalue weighted by molar-refractivity contribution is 7.85. The monoisotopic (exact) mass is 225 g/mol. The smallest absolute Gasteiger partial charge is 0.174 e. The molecular weight excluding hydrogens is 210 g/mol. The molecule has 0 amide bonds. The summed E-state index contributed by atoms with van der Waals surface area (Å²) in [6, 6.07) is 0. The van der Waals surface area contributed by atoms with Gasteiger partial charge in [-0.15, -0.1) is 25.3 Å². The second-order valence-corrected chi connectivity index (χ2v) is 5.18. The number of rotatable bonds is 4. The third kappa shape index (κ3) is 4.21. The molecule has 0 heterocycles. The van der Waals surface area contributed by atoms with Crippen LogP contribution in [-0.2, 0) is 4.79 Å². The molecule has 0 saturated heterocycles. The Morgan fingerprint density at radius 2 is 2.00 bits per heavy atom. The molecule has 0 aliphatic heterocycles. The minimum Gasteiger partial charge on any atom is -0.550 e. The Balaban J connectivity index is 4.54. The van der Waals surface area contributed by atoms with E-state index in [1.54, 1.807) is 21.1 Å². The summed E-state index contributed by atoms with van der Waals surface area (Å²) in [5.41, 5.74) is 0. The molecule has 0 spiro atoms. The Morgan fingerprint density at radius 1 is 1.62 bits per heavy atom. The number of thiol groups is 2. The molecule has 2 unspecified atom stereocenters. The maximum Gasteiger partial charge on any atom is 0.174 e. The van der Waals surface area contributed by atoms with Gasteiger partial charge in [0.15, 0.2) is 10.3 Å². The molecule has 0 bridgehead atoms. The van der Waals surface area contributed by atoms with Crippen molar-refractivity contribution in [3.8, 4) is 0 Å². The lowest BCUT2D eigenvalue weighted by molar-refractivity contribution is -0.885. The van der Waals surface area contributed by atoms with E-state index in [0.717, 1.165) is 0 Å². The zero-order valence-corrected chi connectivity index (χ0v) is 9.68. The summed E-state index contributed by atoms with van der Waals surface area (Å²) >= 11 is 7.98. The van der Waals surface area contributed by atoms with Crippen LogP contribution >= 0.6 is 25.3 Å². The molecule has 1 N–H and O–H groups in total. The molecule has 0 saturated carbocycles. The van der Waals surface area contributed by atoms with E-state index in [1.165, 1.54) is 0 Å². The fourth-order valence-electron chi connectivity index (χ4n) is 0.924. The van der Waals surface area contributed by atoms with Crippen LogP contribution < -0.4 is 5.11 Å². The summed E-state index contributed by atoms with van der Waals surface area (Å²) in [6.07, 6.45) is -0.542. The highest BCUT2D eigenvalue weighted by Gasteiger charge is 2.39. The van der Waals surface area contributed by atoms with Crippen LogP contribution in [0.1, 0.15) is 6.42 Å². The summed E-state index contributed by atoms with van der Waals surface area (Å²) in [5, 5.41) is 19.3. The highest BCUT2D eigenvalue weighted by atomic mass is 32.1. The zero-order chi connectivity index (χ0) is 10.9. The van der Waals surface area contributed by atoms with Crippen molar-refractivity contribution >= 4 is 31.2 Å². The van der Waals surface area contributed by atoms with Crippen molar-refractivity contribution in [2.75, 3.05) is 21.1 Å². The molecule has 6 heteroatoms. The Bertz CT molecular complexity index is 200. The molecule has 0 aliphatic carbocycles. The number of nitrogens with zero attached hydrogens (tertiary/aromatic N) is 1. The lowest BCUT2D eigenvalue weighted by atomic mass is 10.2. The van der Waals surface area contributed by atoms with E-state index < -0.39 is 22.7 Å². The average molecular weight is 225 g/mol. The van der Waals surface area contributed by atoms with Crippen LogP contribution in [0.3, 0.4) is 0 Å². The number of carbonyl (C=O) groups is 1. The first kappa shape index (κ1) is 13.1. The van der Waals surface area contributed by atoms with Crippen molar-refractivity contribution in [2.24, 2.45) is 0 Å². The van der Waals surface area contributed by atoms with Crippen molar-refractivity contribution in [2.45, 2.75) is 16.7 Å². The van der Waals surface area contributed by atoms with Crippen LogP contribution in [0.5, 0.6) is 0 Å². The Morgan fingerprint density at radius 3 is 2.23 bits per heavy atom. The van der Waals surface area contributed by atoms with Gasteiger partial charge in [0.2, 0.25) is 0 Å². The summed E-state index contributed by atoms with van der Waals surface area (Å²) in [4.78, 5) is 8.62. The lowest BCUT2D eigenvalue weighted by Gasteiger charge is -2.39. The molecule has 0 aromatic rings. The van der Waals surface area contributed by atoms with Crippen LogP contribution in [0, 0.1) is 0 Å². The number of carbonyl (C=O) groups excluding carboxylic acids is 1. The van der Waals surface area contributed by atoms with E-state index in [-0.39, 0.29) is 0 Å². The fourth-order valence-corrected chi connectivity index (χ4v) is 1.49. The van der Waals surface area contributed by atoms with Crippen LogP contribution in [0.2, 0.25) is 0 Å². The van der Waals surface area contributed by atoms with E-state index in [9.17, 15) is 15.0 Å². The molecule has 0 aromatic heterocycles. The maximum atomic E-state index is 10.3. The van der Waals surface area contributed by atoms with E-state index in [4.69, 9.17) is 0 Å². The van der Waals surface area contributed by atoms with Crippen molar-refractivity contribution in [1.29, 1.82) is 0 Å². The zero-order valence-electron chi connectivity index (χ0n) is 7.89. The van der Waals surface area contributed by atoms with Gasteiger partial charge >= 0.3 is 0 Å². The van der Waals surface area contributed by atoms with Gasteiger partial charge in [-0.2, -0.15) is 0 Å². The van der Waals surface area contributed by atoms with Crippen molar-refractivity contribution in [3.63, 3.8) is 0 Å². The molecule has 0 rings (SSSR count). The minimum atomic E-state index is -1.67. The number of aliphatic hydroxyl groups is 1. The highest BCUT2D eigenvalue weighted by Crippen LogP contribution is 2.28. The largest absolute Gasteiger partial charge is 0.550 e. The van der Waals surface area contributed by atoms with Gasteiger partial charge in [0.25, 0.3) is 0 Å². The van der Waals surface area contributed by atoms with Gasteiger partial charge in [-0.3, -0.25) is 0 Å². The maximum absolute atomic E-state index is 10.3. The van der Waals surface area contributed by atoms with E-state index in [2.05, 4.69) is 25.3 Å². The third-order valence-electron chi connectivity index (χ3n) is 1.55. The number of aliphatic carboxylic acids is 1. The summed E-state index contributed by atoms with van der Waals surface area (Å²) in [5.74, 6) is -1.34. The Kier molecular flexibility index (Phi) is 4.11. The average Bonchev–Trinajstić information content (AvgIpc) is 1.80. The summed E-state index contributed by atoms with van der Waals surface area (Å²) in [6.45, 7) is 0. The number of carboxylic acid groups (broad SMARTS) is 1. The molecule has 0 fully saturated rings. The van der Waals surface area contributed by atoms with E-state index >= 15 is 0 Å². The van der Waals surface area contributed by atoms with Crippen molar-refractivity contribution < 1.29 is 19.5 Å². The van der Waals surface area contributed by atoms with E-state index in [1.807, 2.05) is 0 Å². The van der Waals surface area contributed by atoms with Gasteiger partial charge in [0.05, 0.1) is 21.1 Å². The topological polar surface area (TPSA) is 60.4 Å². The normalized spacial score (nSPS) is 19.2. The number of carboxylic acids is 1. The van der Waals surface area contributed by atoms with E-state index in [0.29, 0.717) is 4.48 Å². The predicted molar refractivity (Wildman–Crippen MR) is 54.4 cm³/mol. The molecular formula is C7H15NO3S2. The van der Waals surface area contributed by atoms with Crippen LogP contribution in [-0.4, -0.2) is 47.0 Å². The van der Waals surface area contributed by atoms with Gasteiger partial charge in [-0.25, -0.2) is 0 Å². The number of hydrogen-bond acceptors (Lipinski definition) is 5. The van der Waals surface area contributed by atoms with Crippen LogP contribution in [0.25, 0.3) is 0 Å². The SMILES string of the molecule is C[N+](C)(C)C(S)C(O)(S)CC(=O)[O-]. The number of likely N-dealkylation sites (N-methyl/N-ethyl adjacent to an activating group) is 1. The predicted octanol–water partition coefficient (Wildman–Crippen LogP) is -1.29. The first-order valence-corrected chi connectivity index (χ1v) is 4.67. The standard InChI is InChI=1S/C7H15NO3S2/c1-8(2,3)6(12)7(11,13)4-5(9)10/h6,11H,4H2,1-3H3,(H2-,9,10,12,13). The quantitative estimate of drug-likeness (QED) is 0.317. The van der Waals surface area contributed by atoms with Gasteiger partial charge in [0.1, 0.15) is 0 Å². The van der Waals surface area contributed by atoms with Gasteiger partial charge in [-0.1, -0.05) is 0 Å². The number of hydrogen-bond donors (Lipinski definition) is 3. The number of quaternary nitrogens is 1. The summed E-state index contributed by atoms with van der Waals surface area (Å²) < 4.78 is 0.302. The Labute approximate surface area is 89.0 Å². The Hall–Kier alpha value is 0.0900. The molecule has 78 valence electrons. The third-order valence-corrected chi connectivity index (χ3v) is 3.28. The van der Waals surface area contributed by atoms with Gasteiger partial charge in [-0.05, 0) is 0 Å². The van der Waals surface area contributed by atoms with Gasteiger partial charge in [0, 0.05) is 12.4 Å². The second kappa shape index (κ2) is 4.08. The molecule has 0 aliphatic rings. The second-order valence-electron chi connectivity index (χ2n) is 3.92. The fraction of sp³-hybridized carbons (Fsp3) is 0.857. The summed E-state index contributed by atoms with van der Waals surface area (Å²) in [7, 11) is 5.36. The molecule has 13 heavy (non-hydrogen) atoms. The minimum absolute atomic E-state index is 0.302. The van der Waals surface area contributed by atoms with Crippen LogP contribution in [0.15, 0.2) is 0 Å². The molecule has 0 aromatic carbocycles. The van der Waals surface area contributed by atoms with Crippen molar-refractivity contribution in [1.82, 2.24) is 0 Å². The van der Waals surface area contributed by atoms with Crippen molar-refractivity contribution in [3.05, 3.63) is 0 Å².